The van der Waals surface area contributed by atoms with Crippen LogP contribution < -0.4 is 5.32 Å². The highest BCUT2D eigenvalue weighted by Gasteiger charge is 2.50. The van der Waals surface area contributed by atoms with Gasteiger partial charge in [-0.2, -0.15) is 0 Å². The SMILES string of the molecule is CC(C)CC1C(=O)NC(C2Cc3ccccc3C2)C(=O)N1C(C(=O)O)c1ccc(F)cc1F. The van der Waals surface area contributed by atoms with Crippen LogP contribution in [0.5, 0.6) is 0 Å². The summed E-state index contributed by atoms with van der Waals surface area (Å²) >= 11 is 0. The molecule has 33 heavy (non-hydrogen) atoms. The number of nitrogens with zero attached hydrogens (tertiary/aromatic N) is 1. The molecule has 1 saturated heterocycles. The molecular weight excluding hydrogens is 430 g/mol. The molecule has 2 amide bonds. The highest BCUT2D eigenvalue weighted by Crippen LogP contribution is 2.36. The largest absolute Gasteiger partial charge is 0.479 e. The van der Waals surface area contributed by atoms with Gasteiger partial charge in [0.15, 0.2) is 6.04 Å². The number of benzene rings is 2. The molecular formula is C25H26F2N2O4. The Kier molecular flexibility index (Phi) is 6.19. The first-order valence-electron chi connectivity index (χ1n) is 11.0. The Morgan fingerprint density at radius 3 is 2.30 bits per heavy atom. The summed E-state index contributed by atoms with van der Waals surface area (Å²) in [7, 11) is 0. The lowest BCUT2D eigenvalue weighted by atomic mass is 9.88. The van der Waals surface area contributed by atoms with Gasteiger partial charge >= 0.3 is 5.97 Å². The molecule has 1 aliphatic heterocycles. The predicted octanol–water partition coefficient (Wildman–Crippen LogP) is 3.25. The average Bonchev–Trinajstić information content (AvgIpc) is 3.17. The van der Waals surface area contributed by atoms with Crippen molar-refractivity contribution in [3.05, 3.63) is 70.8 Å². The second kappa shape index (κ2) is 8.92. The molecule has 0 aromatic heterocycles. The smallest absolute Gasteiger partial charge is 0.331 e. The number of aliphatic carboxylic acids is 1. The first-order valence-corrected chi connectivity index (χ1v) is 11.0. The number of hydrogen-bond donors (Lipinski definition) is 2. The lowest BCUT2D eigenvalue weighted by Crippen LogP contribution is -2.66. The maximum absolute atomic E-state index is 14.7. The molecule has 1 heterocycles. The molecule has 0 saturated carbocycles. The Morgan fingerprint density at radius 1 is 1.12 bits per heavy atom. The van der Waals surface area contributed by atoms with Gasteiger partial charge < -0.3 is 15.3 Å². The Balaban J connectivity index is 1.74. The Bertz CT molecular complexity index is 1080. The van der Waals surface area contributed by atoms with Crippen molar-refractivity contribution in [2.75, 3.05) is 0 Å². The van der Waals surface area contributed by atoms with E-state index < -0.39 is 47.5 Å². The molecule has 4 rings (SSSR count). The van der Waals surface area contributed by atoms with E-state index in [1.165, 1.54) is 0 Å². The molecule has 1 aliphatic carbocycles. The highest BCUT2D eigenvalue weighted by atomic mass is 19.1. The van der Waals surface area contributed by atoms with Crippen molar-refractivity contribution in [2.24, 2.45) is 11.8 Å². The van der Waals surface area contributed by atoms with Crippen molar-refractivity contribution in [3.8, 4) is 0 Å². The third kappa shape index (κ3) is 4.34. The molecule has 0 bridgehead atoms. The molecule has 0 radical (unpaired) electrons. The fourth-order valence-electron chi connectivity index (χ4n) is 5.00. The van der Waals surface area contributed by atoms with Crippen LogP contribution in [0, 0.1) is 23.5 Å². The Labute approximate surface area is 190 Å². The third-order valence-electron chi connectivity index (χ3n) is 6.47. The van der Waals surface area contributed by atoms with Gasteiger partial charge in [0.05, 0.1) is 0 Å². The quantitative estimate of drug-likeness (QED) is 0.699. The van der Waals surface area contributed by atoms with Crippen molar-refractivity contribution in [3.63, 3.8) is 0 Å². The van der Waals surface area contributed by atoms with Crippen molar-refractivity contribution in [1.29, 1.82) is 0 Å². The lowest BCUT2D eigenvalue weighted by Gasteiger charge is -2.44. The second-order valence-electron chi connectivity index (χ2n) is 9.22. The summed E-state index contributed by atoms with van der Waals surface area (Å²) < 4.78 is 28.2. The maximum Gasteiger partial charge on any atom is 0.331 e. The van der Waals surface area contributed by atoms with Crippen LogP contribution >= 0.6 is 0 Å². The zero-order chi connectivity index (χ0) is 23.9. The van der Waals surface area contributed by atoms with Gasteiger partial charge in [-0.15, -0.1) is 0 Å². The van der Waals surface area contributed by atoms with Gasteiger partial charge in [0.25, 0.3) is 0 Å². The fourth-order valence-corrected chi connectivity index (χ4v) is 5.00. The molecule has 1 fully saturated rings. The second-order valence-corrected chi connectivity index (χ2v) is 9.22. The standard InChI is InChI=1S/C25H26F2N2O4/c1-13(2)9-20-23(30)28-21(16-10-14-5-3-4-6-15(14)11-16)24(31)29(20)22(25(32)33)18-8-7-17(26)12-19(18)27/h3-8,12-13,16,20-22H,9-11H2,1-2H3,(H,28,30)(H,32,33). The number of fused-ring (bicyclic) bond motifs is 1. The van der Waals surface area contributed by atoms with E-state index >= 15 is 0 Å². The summed E-state index contributed by atoms with van der Waals surface area (Å²) in [5, 5.41) is 12.9. The highest BCUT2D eigenvalue weighted by molar-refractivity contribution is 5.99. The molecule has 2 aliphatic rings. The predicted molar refractivity (Wildman–Crippen MR) is 116 cm³/mol. The van der Waals surface area contributed by atoms with Gasteiger partial charge in [-0.3, -0.25) is 9.59 Å². The summed E-state index contributed by atoms with van der Waals surface area (Å²) in [5.41, 5.74) is 1.81. The number of piperazine rings is 1. The summed E-state index contributed by atoms with van der Waals surface area (Å²) in [6.45, 7) is 3.70. The number of carbonyl (C=O) groups is 3. The van der Waals surface area contributed by atoms with Crippen molar-refractivity contribution in [1.82, 2.24) is 10.2 Å². The zero-order valence-corrected chi connectivity index (χ0v) is 18.4. The van der Waals surface area contributed by atoms with Crippen LogP contribution in [0.2, 0.25) is 0 Å². The van der Waals surface area contributed by atoms with Gasteiger partial charge in [0.2, 0.25) is 11.8 Å². The summed E-state index contributed by atoms with van der Waals surface area (Å²) in [5.74, 6) is -4.71. The molecule has 3 unspecified atom stereocenters. The van der Waals surface area contributed by atoms with Crippen LogP contribution in [0.1, 0.15) is 43.0 Å². The topological polar surface area (TPSA) is 86.7 Å². The van der Waals surface area contributed by atoms with E-state index in [2.05, 4.69) is 5.32 Å². The molecule has 0 spiro atoms. The van der Waals surface area contributed by atoms with Gasteiger partial charge in [-0.1, -0.05) is 44.2 Å². The minimum Gasteiger partial charge on any atom is -0.479 e. The van der Waals surface area contributed by atoms with Crippen LogP contribution in [0.4, 0.5) is 8.78 Å². The van der Waals surface area contributed by atoms with Crippen LogP contribution in [0.3, 0.4) is 0 Å². The van der Waals surface area contributed by atoms with Crippen LogP contribution in [-0.4, -0.2) is 39.9 Å². The number of halogens is 2. The number of carboxylic acid groups (broad SMARTS) is 1. The molecule has 174 valence electrons. The van der Waals surface area contributed by atoms with Gasteiger partial charge in [-0.25, -0.2) is 13.6 Å². The summed E-state index contributed by atoms with van der Waals surface area (Å²) in [6.07, 6.45) is 1.35. The molecule has 6 nitrogen and oxygen atoms in total. The number of amides is 2. The zero-order valence-electron chi connectivity index (χ0n) is 18.4. The number of rotatable bonds is 6. The van der Waals surface area contributed by atoms with E-state index in [9.17, 15) is 28.3 Å². The first-order chi connectivity index (χ1) is 15.7. The fraction of sp³-hybridized carbons (Fsp3) is 0.400. The number of carboxylic acids is 1. The number of nitrogens with one attached hydrogen (secondary N) is 1. The van der Waals surface area contributed by atoms with Crippen LogP contribution in [0.25, 0.3) is 0 Å². The normalized spacial score (nSPS) is 21.8. The van der Waals surface area contributed by atoms with Gasteiger partial charge in [0.1, 0.15) is 23.7 Å². The minimum absolute atomic E-state index is 0.0316. The van der Waals surface area contributed by atoms with Crippen molar-refractivity contribution >= 4 is 17.8 Å². The molecule has 3 atom stereocenters. The van der Waals surface area contributed by atoms with E-state index in [-0.39, 0.29) is 23.8 Å². The molecule has 8 heteroatoms. The monoisotopic (exact) mass is 456 g/mol. The maximum atomic E-state index is 14.7. The van der Waals surface area contributed by atoms with Crippen molar-refractivity contribution < 1.29 is 28.3 Å². The number of hydrogen-bond acceptors (Lipinski definition) is 3. The molecule has 2 aromatic rings. The molecule has 2 aromatic carbocycles. The van der Waals surface area contributed by atoms with E-state index in [1.807, 2.05) is 38.1 Å². The third-order valence-corrected chi connectivity index (χ3v) is 6.47. The lowest BCUT2D eigenvalue weighted by molar-refractivity contribution is -0.162. The van der Waals surface area contributed by atoms with Crippen LogP contribution in [-0.2, 0) is 27.2 Å². The van der Waals surface area contributed by atoms with E-state index in [1.54, 1.807) is 0 Å². The first kappa shape index (κ1) is 22.9. The summed E-state index contributed by atoms with van der Waals surface area (Å²) in [6, 6.07) is 6.55. The summed E-state index contributed by atoms with van der Waals surface area (Å²) in [4.78, 5) is 40.3. The average molecular weight is 456 g/mol. The van der Waals surface area contributed by atoms with Crippen molar-refractivity contribution in [2.45, 2.75) is 51.2 Å². The number of carbonyl (C=O) groups excluding carboxylic acids is 2. The Hall–Kier alpha value is -3.29. The van der Waals surface area contributed by atoms with Gasteiger partial charge in [0, 0.05) is 11.6 Å². The Morgan fingerprint density at radius 2 is 1.76 bits per heavy atom. The van der Waals surface area contributed by atoms with Gasteiger partial charge in [-0.05, 0) is 48.3 Å². The van der Waals surface area contributed by atoms with E-state index in [0.717, 1.165) is 28.2 Å². The molecule has 2 N–H and O–H groups in total. The van der Waals surface area contributed by atoms with E-state index in [4.69, 9.17) is 0 Å². The van der Waals surface area contributed by atoms with E-state index in [0.29, 0.717) is 18.9 Å². The minimum atomic E-state index is -1.75. The van der Waals surface area contributed by atoms with Crippen LogP contribution in [0.15, 0.2) is 42.5 Å².